The van der Waals surface area contributed by atoms with E-state index in [9.17, 15) is 4.79 Å². The van der Waals surface area contributed by atoms with Gasteiger partial charge in [-0.2, -0.15) is 0 Å². The fourth-order valence-electron chi connectivity index (χ4n) is 3.67. The van der Waals surface area contributed by atoms with Crippen molar-refractivity contribution in [2.75, 3.05) is 0 Å². The first-order valence-corrected chi connectivity index (χ1v) is 11.2. The number of benzene rings is 2. The van der Waals surface area contributed by atoms with Gasteiger partial charge in [0.15, 0.2) is 11.0 Å². The van der Waals surface area contributed by atoms with Crippen molar-refractivity contribution < 1.29 is 4.79 Å². The van der Waals surface area contributed by atoms with E-state index < -0.39 is 0 Å². The summed E-state index contributed by atoms with van der Waals surface area (Å²) in [6.07, 6.45) is 5.35. The van der Waals surface area contributed by atoms with E-state index in [4.69, 9.17) is 21.6 Å². The lowest BCUT2D eigenvalue weighted by Crippen LogP contribution is -2.51. The molecule has 150 valence electrons. The molecule has 5 nitrogen and oxygen atoms in total. The monoisotopic (exact) mass is 426 g/mol. The molecule has 0 atom stereocenters. The molecule has 1 amide bonds. The zero-order chi connectivity index (χ0) is 20.1. The summed E-state index contributed by atoms with van der Waals surface area (Å²) in [5.74, 6) is 1.35. The predicted molar refractivity (Wildman–Crippen MR) is 120 cm³/mol. The van der Waals surface area contributed by atoms with Gasteiger partial charge < -0.3 is 0 Å². The van der Waals surface area contributed by atoms with Crippen LogP contribution >= 0.6 is 23.4 Å². The molecular weight excluding hydrogens is 404 g/mol. The standard InChI is InChI=1S/C22H23ClN4OS/c23-18-11-9-17(10-12-18)19(28)26-27-20-22(13-5-2-6-14-22)25-21(24-20)29-15-16-7-3-1-4-8-16/h1,3-4,7-12H,2,5-6,13-15H2,(H,26,28)(H,24,25,27). The van der Waals surface area contributed by atoms with Gasteiger partial charge in [-0.3, -0.25) is 15.6 Å². The number of nitrogens with zero attached hydrogens (tertiary/aromatic N) is 2. The second-order valence-electron chi connectivity index (χ2n) is 7.31. The summed E-state index contributed by atoms with van der Waals surface area (Å²) in [5.41, 5.74) is 7.29. The number of hydrazine groups is 1. The molecule has 1 aliphatic carbocycles. The molecule has 7 heteroatoms. The molecule has 0 saturated heterocycles. The lowest BCUT2D eigenvalue weighted by molar-refractivity contribution is 0.0942. The Bertz CT molecular complexity index is 922. The van der Waals surface area contributed by atoms with Crippen LogP contribution in [0.5, 0.6) is 0 Å². The molecule has 0 aromatic heterocycles. The number of carbonyl (C=O) groups excluding carboxylic acids is 1. The van der Waals surface area contributed by atoms with Gasteiger partial charge in [-0.1, -0.05) is 73.0 Å². The van der Waals surface area contributed by atoms with E-state index in [1.54, 1.807) is 36.0 Å². The molecular formula is C22H23ClN4OS. The van der Waals surface area contributed by atoms with Crippen LogP contribution in [-0.2, 0) is 5.75 Å². The SMILES string of the molecule is O=C(NNC1=NC(SCc2ccccc2)=NC12CCCCC2)c1ccc(Cl)cc1. The highest BCUT2D eigenvalue weighted by atomic mass is 35.5. The van der Waals surface area contributed by atoms with E-state index in [-0.39, 0.29) is 11.4 Å². The molecule has 2 aromatic carbocycles. The van der Waals surface area contributed by atoms with Crippen LogP contribution in [0.2, 0.25) is 5.02 Å². The van der Waals surface area contributed by atoms with Crippen LogP contribution in [0.4, 0.5) is 0 Å². The molecule has 1 saturated carbocycles. The van der Waals surface area contributed by atoms with Gasteiger partial charge in [0.2, 0.25) is 0 Å². The molecule has 0 radical (unpaired) electrons. The molecule has 0 unspecified atom stereocenters. The zero-order valence-corrected chi connectivity index (χ0v) is 17.6. The summed E-state index contributed by atoms with van der Waals surface area (Å²) < 4.78 is 0. The van der Waals surface area contributed by atoms with Crippen molar-refractivity contribution in [3.8, 4) is 0 Å². The second-order valence-corrected chi connectivity index (χ2v) is 8.69. The molecule has 1 aliphatic heterocycles. The maximum absolute atomic E-state index is 12.5. The number of hydrogen-bond acceptors (Lipinski definition) is 5. The maximum atomic E-state index is 12.5. The Labute approximate surface area is 180 Å². The summed E-state index contributed by atoms with van der Waals surface area (Å²) in [6, 6.07) is 17.1. The number of hydrogen-bond donors (Lipinski definition) is 2. The summed E-state index contributed by atoms with van der Waals surface area (Å²) >= 11 is 7.54. The van der Waals surface area contributed by atoms with Crippen LogP contribution in [-0.4, -0.2) is 22.4 Å². The van der Waals surface area contributed by atoms with Gasteiger partial charge in [-0.05, 0) is 42.7 Å². The van der Waals surface area contributed by atoms with E-state index in [2.05, 4.69) is 23.0 Å². The molecule has 2 N–H and O–H groups in total. The highest BCUT2D eigenvalue weighted by molar-refractivity contribution is 8.13. The van der Waals surface area contributed by atoms with Crippen LogP contribution in [0.3, 0.4) is 0 Å². The smallest absolute Gasteiger partial charge is 0.269 e. The molecule has 1 spiro atoms. The summed E-state index contributed by atoms with van der Waals surface area (Å²) in [6.45, 7) is 0. The first kappa shape index (κ1) is 20.0. The van der Waals surface area contributed by atoms with E-state index in [0.29, 0.717) is 10.6 Å². The number of thioether (sulfide) groups is 1. The largest absolute Gasteiger partial charge is 0.283 e. The van der Waals surface area contributed by atoms with E-state index >= 15 is 0 Å². The van der Waals surface area contributed by atoms with Gasteiger partial charge in [-0.25, -0.2) is 9.98 Å². The normalized spacial score (nSPS) is 17.6. The average molecular weight is 427 g/mol. The summed E-state index contributed by atoms with van der Waals surface area (Å²) in [5, 5.41) is 1.38. The molecule has 4 rings (SSSR count). The number of aliphatic imine (C=N–C) groups is 2. The molecule has 29 heavy (non-hydrogen) atoms. The number of nitrogens with one attached hydrogen (secondary N) is 2. The minimum absolute atomic E-state index is 0.222. The second kappa shape index (κ2) is 9.01. The van der Waals surface area contributed by atoms with E-state index in [0.717, 1.165) is 42.4 Å². The Kier molecular flexibility index (Phi) is 6.21. The maximum Gasteiger partial charge on any atom is 0.269 e. The van der Waals surface area contributed by atoms with Crippen molar-refractivity contribution in [1.82, 2.24) is 10.9 Å². The number of halogens is 1. The van der Waals surface area contributed by atoms with Gasteiger partial charge in [-0.15, -0.1) is 0 Å². The molecule has 2 aliphatic rings. The quantitative estimate of drug-likeness (QED) is 0.680. The Morgan fingerprint density at radius 1 is 1.03 bits per heavy atom. The number of carbonyl (C=O) groups is 1. The van der Waals surface area contributed by atoms with Crippen LogP contribution in [0.25, 0.3) is 0 Å². The first-order chi connectivity index (χ1) is 14.1. The van der Waals surface area contributed by atoms with E-state index in [1.807, 2.05) is 18.2 Å². The van der Waals surface area contributed by atoms with Crippen LogP contribution < -0.4 is 10.9 Å². The zero-order valence-electron chi connectivity index (χ0n) is 16.0. The fraction of sp³-hybridized carbons (Fsp3) is 0.318. The average Bonchev–Trinajstić information content (AvgIpc) is 3.09. The van der Waals surface area contributed by atoms with Gasteiger partial charge in [0.05, 0.1) is 0 Å². The van der Waals surface area contributed by atoms with E-state index in [1.165, 1.54) is 12.0 Å². The van der Waals surface area contributed by atoms with Crippen LogP contribution in [0, 0.1) is 0 Å². The van der Waals surface area contributed by atoms with Crippen molar-refractivity contribution in [3.63, 3.8) is 0 Å². The lowest BCUT2D eigenvalue weighted by atomic mass is 9.81. The van der Waals surface area contributed by atoms with Gasteiger partial charge in [0.1, 0.15) is 5.54 Å². The summed E-state index contributed by atoms with van der Waals surface area (Å²) in [7, 11) is 0. The third kappa shape index (κ3) is 4.82. The third-order valence-electron chi connectivity index (χ3n) is 5.25. The van der Waals surface area contributed by atoms with Crippen molar-refractivity contribution in [3.05, 3.63) is 70.7 Å². The Morgan fingerprint density at radius 3 is 2.48 bits per heavy atom. The number of amides is 1. The van der Waals surface area contributed by atoms with Gasteiger partial charge >= 0.3 is 0 Å². The number of amidine groups is 2. The van der Waals surface area contributed by atoms with Gasteiger partial charge in [0.25, 0.3) is 5.91 Å². The van der Waals surface area contributed by atoms with Crippen molar-refractivity contribution in [1.29, 1.82) is 0 Å². The number of rotatable bonds is 3. The van der Waals surface area contributed by atoms with Crippen molar-refractivity contribution in [2.24, 2.45) is 9.98 Å². The van der Waals surface area contributed by atoms with Crippen LogP contribution in [0.15, 0.2) is 64.6 Å². The minimum Gasteiger partial charge on any atom is -0.283 e. The molecule has 1 heterocycles. The molecule has 1 fully saturated rings. The molecule has 2 aromatic rings. The summed E-state index contributed by atoms with van der Waals surface area (Å²) in [4.78, 5) is 22.2. The van der Waals surface area contributed by atoms with Crippen molar-refractivity contribution in [2.45, 2.75) is 43.4 Å². The Hall–Kier alpha value is -2.31. The van der Waals surface area contributed by atoms with Gasteiger partial charge in [0, 0.05) is 16.3 Å². The topological polar surface area (TPSA) is 65.8 Å². The van der Waals surface area contributed by atoms with Crippen molar-refractivity contribution >= 4 is 40.3 Å². The Morgan fingerprint density at radius 2 is 1.76 bits per heavy atom. The lowest BCUT2D eigenvalue weighted by Gasteiger charge is -2.31. The highest BCUT2D eigenvalue weighted by Gasteiger charge is 2.41. The third-order valence-corrected chi connectivity index (χ3v) is 6.42. The molecule has 0 bridgehead atoms. The Balaban J connectivity index is 1.44. The first-order valence-electron chi connectivity index (χ1n) is 9.82. The van der Waals surface area contributed by atoms with Crippen LogP contribution in [0.1, 0.15) is 48.0 Å². The minimum atomic E-state index is -0.343. The predicted octanol–water partition coefficient (Wildman–Crippen LogP) is 4.98. The fourth-order valence-corrected chi connectivity index (χ4v) is 4.68. The highest BCUT2D eigenvalue weighted by Crippen LogP contribution is 2.37.